The van der Waals surface area contributed by atoms with Gasteiger partial charge >= 0.3 is 0 Å². The van der Waals surface area contributed by atoms with Crippen molar-refractivity contribution in [3.8, 4) is 17.2 Å². The molecule has 1 aromatic carbocycles. The maximum absolute atomic E-state index is 12.0. The molecule has 0 bridgehead atoms. The van der Waals surface area contributed by atoms with Gasteiger partial charge in [0, 0.05) is 12.5 Å². The van der Waals surface area contributed by atoms with Crippen LogP contribution in [0.15, 0.2) is 12.1 Å². The van der Waals surface area contributed by atoms with Gasteiger partial charge in [0.05, 0.1) is 21.3 Å². The summed E-state index contributed by atoms with van der Waals surface area (Å²) < 4.78 is 15.9. The molecule has 5 heteroatoms. The first kappa shape index (κ1) is 18.1. The highest BCUT2D eigenvalue weighted by atomic mass is 16.5. The lowest BCUT2D eigenvalue weighted by molar-refractivity contribution is -0.121. The smallest absolute Gasteiger partial charge is 0.220 e. The monoisotopic (exact) mass is 309 g/mol. The zero-order valence-corrected chi connectivity index (χ0v) is 14.4. The van der Waals surface area contributed by atoms with Gasteiger partial charge in [-0.05, 0) is 37.0 Å². The number of ether oxygens (including phenoxy) is 3. The Morgan fingerprint density at radius 1 is 1.05 bits per heavy atom. The zero-order chi connectivity index (χ0) is 16.7. The lowest BCUT2D eigenvalue weighted by Gasteiger charge is -2.17. The average molecular weight is 309 g/mol. The third kappa shape index (κ3) is 4.83. The summed E-state index contributed by atoms with van der Waals surface area (Å²) in [7, 11) is 4.73. The van der Waals surface area contributed by atoms with Crippen molar-refractivity contribution in [3.63, 3.8) is 0 Å². The van der Waals surface area contributed by atoms with Crippen LogP contribution in [0.4, 0.5) is 0 Å². The van der Waals surface area contributed by atoms with Gasteiger partial charge in [0.2, 0.25) is 11.7 Å². The molecule has 1 N–H and O–H groups in total. The number of benzene rings is 1. The fourth-order valence-corrected chi connectivity index (χ4v) is 2.03. The second kappa shape index (κ2) is 8.51. The first-order valence-corrected chi connectivity index (χ1v) is 7.51. The molecule has 0 saturated carbocycles. The zero-order valence-electron chi connectivity index (χ0n) is 14.4. The normalized spacial score (nSPS) is 12.0. The number of carbonyl (C=O) groups is 1. The van der Waals surface area contributed by atoms with Gasteiger partial charge in [-0.15, -0.1) is 0 Å². The van der Waals surface area contributed by atoms with Crippen LogP contribution in [0.2, 0.25) is 0 Å². The van der Waals surface area contributed by atoms with Crippen LogP contribution in [-0.2, 0) is 11.2 Å². The molecule has 22 heavy (non-hydrogen) atoms. The molecular formula is C17H27NO4. The minimum absolute atomic E-state index is 0.0509. The topological polar surface area (TPSA) is 56.8 Å². The molecule has 0 aliphatic heterocycles. The van der Waals surface area contributed by atoms with E-state index in [1.807, 2.05) is 19.1 Å². The van der Waals surface area contributed by atoms with E-state index in [0.717, 1.165) is 5.56 Å². The number of methoxy groups -OCH3 is 3. The summed E-state index contributed by atoms with van der Waals surface area (Å²) in [4.78, 5) is 12.0. The summed E-state index contributed by atoms with van der Waals surface area (Å²) in [6, 6.07) is 3.92. The third-order valence-corrected chi connectivity index (χ3v) is 3.75. The van der Waals surface area contributed by atoms with Crippen molar-refractivity contribution >= 4 is 5.91 Å². The number of carbonyl (C=O) groups excluding carboxylic acids is 1. The number of rotatable bonds is 8. The van der Waals surface area contributed by atoms with Gasteiger partial charge in [-0.3, -0.25) is 4.79 Å². The number of hydrogen-bond donors (Lipinski definition) is 1. The van der Waals surface area contributed by atoms with Crippen LogP contribution in [0.5, 0.6) is 17.2 Å². The van der Waals surface area contributed by atoms with Gasteiger partial charge in [0.1, 0.15) is 0 Å². The molecule has 5 nitrogen and oxygen atoms in total. The van der Waals surface area contributed by atoms with Gasteiger partial charge in [-0.1, -0.05) is 13.8 Å². The number of aryl methyl sites for hydroxylation is 1. The Morgan fingerprint density at radius 2 is 1.59 bits per heavy atom. The van der Waals surface area contributed by atoms with Crippen LogP contribution in [0.3, 0.4) is 0 Å². The Balaban J connectivity index is 2.76. The average Bonchev–Trinajstić information content (AvgIpc) is 2.51. The SMILES string of the molecule is COc1cc(CCC(=O)NC(C)C(C)C)cc(OC)c1OC. The molecule has 124 valence electrons. The van der Waals surface area contributed by atoms with E-state index in [-0.39, 0.29) is 11.9 Å². The number of hydrogen-bond acceptors (Lipinski definition) is 4. The van der Waals surface area contributed by atoms with E-state index in [2.05, 4.69) is 19.2 Å². The summed E-state index contributed by atoms with van der Waals surface area (Å²) in [5.41, 5.74) is 0.974. The summed E-state index contributed by atoms with van der Waals surface area (Å²) >= 11 is 0. The van der Waals surface area contributed by atoms with Crippen molar-refractivity contribution in [1.29, 1.82) is 0 Å². The Bertz CT molecular complexity index is 474. The molecule has 0 heterocycles. The number of amides is 1. The van der Waals surface area contributed by atoms with Crippen molar-refractivity contribution < 1.29 is 19.0 Å². The highest BCUT2D eigenvalue weighted by Crippen LogP contribution is 2.38. The van der Waals surface area contributed by atoms with Gasteiger partial charge in [0.15, 0.2) is 11.5 Å². The van der Waals surface area contributed by atoms with Crippen LogP contribution >= 0.6 is 0 Å². The fourth-order valence-electron chi connectivity index (χ4n) is 2.03. The molecule has 0 radical (unpaired) electrons. The quantitative estimate of drug-likeness (QED) is 0.802. The van der Waals surface area contributed by atoms with E-state index >= 15 is 0 Å². The molecule has 1 rings (SSSR count). The molecule has 0 spiro atoms. The standard InChI is InChI=1S/C17H27NO4/c1-11(2)12(3)18-16(19)8-7-13-9-14(20-4)17(22-6)15(10-13)21-5/h9-12H,7-8H2,1-6H3,(H,18,19). The molecule has 1 unspecified atom stereocenters. The highest BCUT2D eigenvalue weighted by Gasteiger charge is 2.15. The van der Waals surface area contributed by atoms with Crippen molar-refractivity contribution in [2.45, 2.75) is 39.7 Å². The molecule has 1 aromatic rings. The minimum atomic E-state index is 0.0509. The number of nitrogens with one attached hydrogen (secondary N) is 1. The Labute approximate surface area is 132 Å². The molecule has 1 amide bonds. The van der Waals surface area contributed by atoms with E-state index in [9.17, 15) is 4.79 Å². The maximum atomic E-state index is 12.0. The molecular weight excluding hydrogens is 282 g/mol. The van der Waals surface area contributed by atoms with Gasteiger partial charge < -0.3 is 19.5 Å². The summed E-state index contributed by atoms with van der Waals surface area (Å²) in [5.74, 6) is 2.24. The molecule has 1 atom stereocenters. The first-order valence-electron chi connectivity index (χ1n) is 7.51. The van der Waals surface area contributed by atoms with Crippen molar-refractivity contribution in [2.24, 2.45) is 5.92 Å². The summed E-state index contributed by atoms with van der Waals surface area (Å²) in [6.45, 7) is 6.19. The predicted molar refractivity (Wildman–Crippen MR) is 86.9 cm³/mol. The van der Waals surface area contributed by atoms with Crippen molar-refractivity contribution in [2.75, 3.05) is 21.3 Å². The van der Waals surface area contributed by atoms with E-state index < -0.39 is 0 Å². The largest absolute Gasteiger partial charge is 0.493 e. The minimum Gasteiger partial charge on any atom is -0.493 e. The lowest BCUT2D eigenvalue weighted by Crippen LogP contribution is -2.36. The molecule has 0 saturated heterocycles. The first-order chi connectivity index (χ1) is 10.4. The van der Waals surface area contributed by atoms with Crippen LogP contribution in [0.25, 0.3) is 0 Å². The van der Waals surface area contributed by atoms with Crippen LogP contribution < -0.4 is 19.5 Å². The summed E-state index contributed by atoms with van der Waals surface area (Å²) in [5, 5.41) is 3.00. The molecule has 0 aliphatic rings. The summed E-state index contributed by atoms with van der Waals surface area (Å²) in [6.07, 6.45) is 1.04. The van der Waals surface area contributed by atoms with E-state index in [1.54, 1.807) is 21.3 Å². The van der Waals surface area contributed by atoms with E-state index in [1.165, 1.54) is 0 Å². The Hall–Kier alpha value is -1.91. The van der Waals surface area contributed by atoms with Crippen molar-refractivity contribution in [1.82, 2.24) is 5.32 Å². The Morgan fingerprint density at radius 3 is 2.00 bits per heavy atom. The molecule has 0 aromatic heterocycles. The fraction of sp³-hybridized carbons (Fsp3) is 0.588. The third-order valence-electron chi connectivity index (χ3n) is 3.75. The van der Waals surface area contributed by atoms with E-state index in [0.29, 0.717) is 36.0 Å². The van der Waals surface area contributed by atoms with Crippen LogP contribution in [0, 0.1) is 5.92 Å². The maximum Gasteiger partial charge on any atom is 0.220 e. The van der Waals surface area contributed by atoms with Crippen LogP contribution in [-0.4, -0.2) is 33.3 Å². The molecule has 0 aliphatic carbocycles. The lowest BCUT2D eigenvalue weighted by atomic mass is 10.1. The highest BCUT2D eigenvalue weighted by molar-refractivity contribution is 5.76. The Kier molecular flexibility index (Phi) is 7.02. The van der Waals surface area contributed by atoms with Gasteiger partial charge in [0.25, 0.3) is 0 Å². The van der Waals surface area contributed by atoms with Crippen molar-refractivity contribution in [3.05, 3.63) is 17.7 Å². The van der Waals surface area contributed by atoms with Gasteiger partial charge in [-0.25, -0.2) is 0 Å². The van der Waals surface area contributed by atoms with E-state index in [4.69, 9.17) is 14.2 Å². The predicted octanol–water partition coefficient (Wildman–Crippen LogP) is 2.81. The van der Waals surface area contributed by atoms with Gasteiger partial charge in [-0.2, -0.15) is 0 Å². The van der Waals surface area contributed by atoms with Crippen LogP contribution in [0.1, 0.15) is 32.8 Å². The second-order valence-corrected chi connectivity index (χ2v) is 5.63. The second-order valence-electron chi connectivity index (χ2n) is 5.63. The molecule has 0 fully saturated rings.